The number of rotatable bonds is 9. The number of amides is 4. The fraction of sp³-hybridized carbons (Fsp3) is 0.280. The van der Waals surface area contributed by atoms with Crippen molar-refractivity contribution in [2.75, 3.05) is 26.1 Å². The van der Waals surface area contributed by atoms with Gasteiger partial charge in [0.1, 0.15) is 17.9 Å². The molecule has 0 bridgehead atoms. The molecule has 1 atom stereocenters. The molecule has 10 nitrogen and oxygen atoms in total. The zero-order valence-electron chi connectivity index (χ0n) is 19.8. The van der Waals surface area contributed by atoms with E-state index < -0.39 is 29.9 Å². The van der Waals surface area contributed by atoms with Crippen LogP contribution in [0.4, 0.5) is 10.6 Å². The zero-order chi connectivity index (χ0) is 25.0. The van der Waals surface area contributed by atoms with E-state index in [-0.39, 0.29) is 0 Å². The van der Waals surface area contributed by atoms with E-state index in [1.165, 1.54) is 0 Å². The highest BCUT2D eigenvalue weighted by molar-refractivity contribution is 6.10. The van der Waals surface area contributed by atoms with Crippen molar-refractivity contribution in [3.8, 4) is 11.5 Å². The predicted molar refractivity (Wildman–Crippen MR) is 128 cm³/mol. The summed E-state index contributed by atoms with van der Waals surface area (Å²) in [7, 11) is 3.11. The molecule has 1 aromatic heterocycles. The molecule has 1 unspecified atom stereocenters. The minimum atomic E-state index is -1.19. The smallest absolute Gasteiger partial charge is 0.325 e. The Morgan fingerprint density at radius 1 is 1.06 bits per heavy atom. The summed E-state index contributed by atoms with van der Waals surface area (Å²) in [5.41, 5.74) is 0.286. The third-order valence-electron chi connectivity index (χ3n) is 6.06. The predicted octanol–water partition coefficient (Wildman–Crippen LogP) is 2.74. The molecule has 0 radical (unpaired) electrons. The molecule has 2 N–H and O–H groups in total. The average molecular weight is 478 g/mol. The van der Waals surface area contributed by atoms with Crippen LogP contribution in [-0.2, 0) is 21.7 Å². The number of carbonyl (C=O) groups is 3. The highest BCUT2D eigenvalue weighted by Crippen LogP contribution is 2.33. The van der Waals surface area contributed by atoms with Crippen molar-refractivity contribution in [2.24, 2.45) is 0 Å². The van der Waals surface area contributed by atoms with Gasteiger partial charge in [-0.1, -0.05) is 49.4 Å². The van der Waals surface area contributed by atoms with E-state index >= 15 is 0 Å². The molecule has 1 aliphatic rings. The van der Waals surface area contributed by atoms with Crippen LogP contribution in [0.1, 0.15) is 24.5 Å². The largest absolute Gasteiger partial charge is 0.493 e. The number of carbonyl (C=O) groups excluding carboxylic acids is 3. The van der Waals surface area contributed by atoms with Crippen molar-refractivity contribution < 1.29 is 23.9 Å². The molecular weight excluding hydrogens is 450 g/mol. The van der Waals surface area contributed by atoms with Crippen LogP contribution in [0.2, 0.25) is 0 Å². The molecule has 182 valence electrons. The minimum absolute atomic E-state index is 0.305. The Balaban J connectivity index is 1.49. The quantitative estimate of drug-likeness (QED) is 0.458. The van der Waals surface area contributed by atoms with Gasteiger partial charge in [-0.2, -0.15) is 5.10 Å². The number of urea groups is 1. The van der Waals surface area contributed by atoms with Crippen molar-refractivity contribution >= 4 is 23.7 Å². The van der Waals surface area contributed by atoms with Crippen LogP contribution in [-0.4, -0.2) is 53.3 Å². The van der Waals surface area contributed by atoms with Crippen molar-refractivity contribution in [3.05, 3.63) is 71.9 Å². The van der Waals surface area contributed by atoms with Crippen LogP contribution < -0.4 is 20.1 Å². The van der Waals surface area contributed by atoms with Crippen molar-refractivity contribution in [1.29, 1.82) is 0 Å². The summed E-state index contributed by atoms with van der Waals surface area (Å²) in [5.74, 6) is 0.587. The molecule has 2 heterocycles. The number of hydrogen-bond acceptors (Lipinski definition) is 6. The second-order valence-corrected chi connectivity index (χ2v) is 8.02. The van der Waals surface area contributed by atoms with E-state index in [0.717, 1.165) is 10.5 Å². The maximum absolute atomic E-state index is 13.3. The van der Waals surface area contributed by atoms with Crippen molar-refractivity contribution in [2.45, 2.75) is 25.4 Å². The molecular formula is C25H27N5O5. The molecule has 4 rings (SSSR count). The third-order valence-corrected chi connectivity index (χ3v) is 6.06. The molecule has 1 saturated heterocycles. The van der Waals surface area contributed by atoms with E-state index in [1.807, 2.05) is 25.1 Å². The van der Waals surface area contributed by atoms with Gasteiger partial charge in [0.15, 0.2) is 11.5 Å². The number of para-hydroxylation sites is 1. The lowest BCUT2D eigenvalue weighted by Crippen LogP contribution is -2.44. The summed E-state index contributed by atoms with van der Waals surface area (Å²) >= 11 is 0. The maximum Gasteiger partial charge on any atom is 0.325 e. The average Bonchev–Trinajstić information content (AvgIpc) is 3.41. The number of nitrogens with zero attached hydrogens (tertiary/aromatic N) is 3. The highest BCUT2D eigenvalue weighted by atomic mass is 16.5. The number of methoxy groups -OCH3 is 2. The van der Waals surface area contributed by atoms with Gasteiger partial charge >= 0.3 is 6.03 Å². The lowest BCUT2D eigenvalue weighted by Gasteiger charge is -2.25. The summed E-state index contributed by atoms with van der Waals surface area (Å²) in [5, 5.41) is 9.80. The van der Waals surface area contributed by atoms with Crippen LogP contribution in [0.15, 0.2) is 60.8 Å². The second-order valence-electron chi connectivity index (χ2n) is 8.02. The standard InChI is InChI=1S/C25H27N5O5/c1-4-25(18-10-6-5-7-11-18)23(32)29(24(33)28-25)16-21(31)27-20-13-14-26-30(20)15-17-9-8-12-19(34-2)22(17)35-3/h5-14H,4,15-16H2,1-3H3,(H,27,31)(H,28,33). The monoisotopic (exact) mass is 477 g/mol. The maximum atomic E-state index is 13.3. The van der Waals surface area contributed by atoms with Gasteiger partial charge in [-0.05, 0) is 18.1 Å². The molecule has 0 spiro atoms. The molecule has 10 heteroatoms. The van der Waals surface area contributed by atoms with Gasteiger partial charge in [0.2, 0.25) is 5.91 Å². The summed E-state index contributed by atoms with van der Waals surface area (Å²) in [4.78, 5) is 39.7. The Hall–Kier alpha value is -4.34. The van der Waals surface area contributed by atoms with Crippen LogP contribution in [0.3, 0.4) is 0 Å². The van der Waals surface area contributed by atoms with Gasteiger partial charge in [-0.25, -0.2) is 9.48 Å². The summed E-state index contributed by atoms with van der Waals surface area (Å²) in [6, 6.07) is 15.6. The highest BCUT2D eigenvalue weighted by Gasteiger charge is 2.51. The minimum Gasteiger partial charge on any atom is -0.493 e. The second kappa shape index (κ2) is 9.88. The van der Waals surface area contributed by atoms with Crippen LogP contribution >= 0.6 is 0 Å². The van der Waals surface area contributed by atoms with Gasteiger partial charge < -0.3 is 20.1 Å². The zero-order valence-corrected chi connectivity index (χ0v) is 19.8. The van der Waals surface area contributed by atoms with Gasteiger partial charge in [0, 0.05) is 11.6 Å². The Morgan fingerprint density at radius 2 is 1.83 bits per heavy atom. The topological polar surface area (TPSA) is 115 Å². The SMILES string of the molecule is CCC1(c2ccccc2)NC(=O)N(CC(=O)Nc2ccnn2Cc2cccc(OC)c2OC)C1=O. The van der Waals surface area contributed by atoms with Crippen LogP contribution in [0.5, 0.6) is 11.5 Å². The Morgan fingerprint density at radius 3 is 2.51 bits per heavy atom. The van der Waals surface area contributed by atoms with Gasteiger partial charge in [-0.3, -0.25) is 14.5 Å². The lowest BCUT2D eigenvalue weighted by molar-refractivity contribution is -0.134. The Kier molecular flexibility index (Phi) is 6.72. The molecule has 0 saturated carbocycles. The molecule has 3 aromatic rings. The first-order valence-corrected chi connectivity index (χ1v) is 11.1. The first-order valence-electron chi connectivity index (χ1n) is 11.1. The normalized spacial score (nSPS) is 17.3. The molecule has 2 aromatic carbocycles. The fourth-order valence-corrected chi connectivity index (χ4v) is 4.26. The van der Waals surface area contributed by atoms with Gasteiger partial charge in [-0.15, -0.1) is 0 Å². The van der Waals surface area contributed by atoms with E-state index in [2.05, 4.69) is 15.7 Å². The van der Waals surface area contributed by atoms with E-state index in [4.69, 9.17) is 9.47 Å². The lowest BCUT2D eigenvalue weighted by atomic mass is 9.87. The van der Waals surface area contributed by atoms with E-state index in [0.29, 0.717) is 35.8 Å². The number of hydrogen-bond donors (Lipinski definition) is 2. The fourth-order valence-electron chi connectivity index (χ4n) is 4.26. The van der Waals surface area contributed by atoms with Crippen LogP contribution in [0.25, 0.3) is 0 Å². The molecule has 1 aliphatic heterocycles. The number of ether oxygens (including phenoxy) is 2. The first-order chi connectivity index (χ1) is 16.9. The van der Waals surface area contributed by atoms with Crippen molar-refractivity contribution in [1.82, 2.24) is 20.0 Å². The third kappa shape index (κ3) is 4.42. The molecule has 0 aliphatic carbocycles. The number of aromatic nitrogens is 2. The number of benzene rings is 2. The summed E-state index contributed by atoms with van der Waals surface area (Å²) in [6.45, 7) is 1.70. The molecule has 1 fully saturated rings. The van der Waals surface area contributed by atoms with Crippen molar-refractivity contribution in [3.63, 3.8) is 0 Å². The summed E-state index contributed by atoms with van der Waals surface area (Å²) in [6.07, 6.45) is 1.91. The Bertz CT molecular complexity index is 1240. The van der Waals surface area contributed by atoms with Gasteiger partial charge in [0.25, 0.3) is 5.91 Å². The number of nitrogens with one attached hydrogen (secondary N) is 2. The van der Waals surface area contributed by atoms with E-state index in [1.54, 1.807) is 61.5 Å². The number of imide groups is 1. The Labute approximate surface area is 202 Å². The summed E-state index contributed by atoms with van der Waals surface area (Å²) < 4.78 is 12.4. The van der Waals surface area contributed by atoms with Gasteiger partial charge in [0.05, 0.1) is 27.0 Å². The van der Waals surface area contributed by atoms with Crippen LogP contribution in [0, 0.1) is 0 Å². The number of anilines is 1. The first kappa shape index (κ1) is 23.8. The molecule has 35 heavy (non-hydrogen) atoms. The van der Waals surface area contributed by atoms with E-state index in [9.17, 15) is 14.4 Å². The molecule has 4 amide bonds.